The number of carbonyl (C=O) groups is 1. The molecule has 1 rings (SSSR count). The number of rotatable bonds is 3. The summed E-state index contributed by atoms with van der Waals surface area (Å²) >= 11 is 5.48. The third-order valence-electron chi connectivity index (χ3n) is 2.24. The van der Waals surface area contributed by atoms with Crippen LogP contribution in [-0.2, 0) is 22.1 Å². The fraction of sp³-hybridized carbons (Fsp3) is 0.400. The molecule has 1 aromatic heterocycles. The zero-order valence-corrected chi connectivity index (χ0v) is 10.1. The maximum absolute atomic E-state index is 12.8. The normalized spacial score (nSPS) is 11.8. The Morgan fingerprint density at radius 1 is 1.47 bits per heavy atom. The molecule has 0 atom stereocenters. The molecular formula is C10H7ClF5NO2. The smallest absolute Gasteiger partial charge is 0.418 e. The van der Waals surface area contributed by atoms with Crippen molar-refractivity contribution in [1.82, 2.24) is 4.98 Å². The van der Waals surface area contributed by atoms with E-state index < -0.39 is 46.8 Å². The van der Waals surface area contributed by atoms with Gasteiger partial charge >= 0.3 is 12.1 Å². The first-order valence-electron chi connectivity index (χ1n) is 4.78. The van der Waals surface area contributed by atoms with Gasteiger partial charge in [0.1, 0.15) is 5.15 Å². The molecule has 3 nitrogen and oxygen atoms in total. The van der Waals surface area contributed by atoms with Crippen LogP contribution in [0.3, 0.4) is 0 Å². The third-order valence-corrected chi connectivity index (χ3v) is 2.57. The lowest BCUT2D eigenvalue weighted by atomic mass is 10.0. The van der Waals surface area contributed by atoms with Crippen molar-refractivity contribution in [2.24, 2.45) is 0 Å². The maximum Gasteiger partial charge on any atom is 0.418 e. The molecule has 0 fully saturated rings. The molecule has 0 aliphatic carbocycles. The average molecular weight is 304 g/mol. The zero-order valence-electron chi connectivity index (χ0n) is 9.39. The van der Waals surface area contributed by atoms with Crippen molar-refractivity contribution in [1.29, 1.82) is 0 Å². The highest BCUT2D eigenvalue weighted by atomic mass is 35.5. The van der Waals surface area contributed by atoms with Crippen LogP contribution in [0.2, 0.25) is 5.15 Å². The van der Waals surface area contributed by atoms with E-state index in [2.05, 4.69) is 9.72 Å². The molecule has 0 amide bonds. The first-order valence-corrected chi connectivity index (χ1v) is 5.15. The van der Waals surface area contributed by atoms with Crippen molar-refractivity contribution in [2.75, 3.05) is 7.11 Å². The largest absolute Gasteiger partial charge is 0.469 e. The van der Waals surface area contributed by atoms with E-state index in [0.29, 0.717) is 0 Å². The molecule has 0 saturated carbocycles. The summed E-state index contributed by atoms with van der Waals surface area (Å²) in [5, 5.41) is -0.589. The number of nitrogens with zero attached hydrogens (tertiary/aromatic N) is 1. The van der Waals surface area contributed by atoms with Gasteiger partial charge in [-0.3, -0.25) is 4.79 Å². The standard InChI is InChI=1S/C10H7ClF5NO2/c1-19-6(18)2-4-7(9(12)13)5(10(14,15)16)3-17-8(4)11/h3,9H,2H2,1H3. The molecule has 0 saturated heterocycles. The van der Waals surface area contributed by atoms with Crippen LogP contribution in [0.15, 0.2) is 6.20 Å². The van der Waals surface area contributed by atoms with Gasteiger partial charge in [-0.2, -0.15) is 13.2 Å². The Bertz CT molecular complexity index is 490. The van der Waals surface area contributed by atoms with Gasteiger partial charge in [0.05, 0.1) is 19.1 Å². The molecule has 0 aliphatic heterocycles. The molecule has 0 aromatic carbocycles. The van der Waals surface area contributed by atoms with E-state index in [0.717, 1.165) is 7.11 Å². The Balaban J connectivity index is 3.46. The lowest BCUT2D eigenvalue weighted by molar-refractivity contribution is -0.141. The molecule has 19 heavy (non-hydrogen) atoms. The number of esters is 1. The average Bonchev–Trinajstić information content (AvgIpc) is 2.29. The highest BCUT2D eigenvalue weighted by molar-refractivity contribution is 6.30. The number of aromatic nitrogens is 1. The van der Waals surface area contributed by atoms with Gasteiger partial charge in [0.25, 0.3) is 6.43 Å². The Kier molecular flexibility index (Phi) is 4.67. The lowest BCUT2D eigenvalue weighted by Gasteiger charge is -2.16. The van der Waals surface area contributed by atoms with Crippen molar-refractivity contribution < 1.29 is 31.5 Å². The highest BCUT2D eigenvalue weighted by Crippen LogP contribution is 2.39. The summed E-state index contributed by atoms with van der Waals surface area (Å²) in [5.41, 5.74) is -3.65. The first kappa shape index (κ1) is 15.6. The molecule has 0 N–H and O–H groups in total. The number of carbonyl (C=O) groups excluding carboxylic acids is 1. The fourth-order valence-corrected chi connectivity index (χ4v) is 1.62. The number of pyridine rings is 1. The van der Waals surface area contributed by atoms with Crippen LogP contribution < -0.4 is 0 Å². The van der Waals surface area contributed by atoms with Gasteiger partial charge in [-0.15, -0.1) is 0 Å². The predicted molar refractivity (Wildman–Crippen MR) is 54.9 cm³/mol. The van der Waals surface area contributed by atoms with E-state index in [9.17, 15) is 26.7 Å². The van der Waals surface area contributed by atoms with E-state index in [4.69, 9.17) is 11.6 Å². The highest BCUT2D eigenvalue weighted by Gasteiger charge is 2.38. The van der Waals surface area contributed by atoms with Crippen molar-refractivity contribution in [3.05, 3.63) is 28.0 Å². The maximum atomic E-state index is 12.8. The quantitative estimate of drug-likeness (QED) is 0.488. The van der Waals surface area contributed by atoms with Crippen molar-refractivity contribution in [2.45, 2.75) is 19.0 Å². The summed E-state index contributed by atoms with van der Waals surface area (Å²) in [6, 6.07) is 0. The second kappa shape index (κ2) is 5.68. The summed E-state index contributed by atoms with van der Waals surface area (Å²) in [5.74, 6) is -0.995. The van der Waals surface area contributed by atoms with Crippen LogP contribution in [0.4, 0.5) is 22.0 Å². The van der Waals surface area contributed by atoms with Gasteiger partial charge in [0.2, 0.25) is 0 Å². The number of methoxy groups -OCH3 is 1. The second-order valence-electron chi connectivity index (χ2n) is 3.41. The summed E-state index contributed by atoms with van der Waals surface area (Å²) in [6.07, 6.45) is -9.07. The van der Waals surface area contributed by atoms with E-state index in [1.807, 2.05) is 0 Å². The SMILES string of the molecule is COC(=O)Cc1c(Cl)ncc(C(F)(F)F)c1C(F)F. The van der Waals surface area contributed by atoms with Crippen molar-refractivity contribution in [3.63, 3.8) is 0 Å². The van der Waals surface area contributed by atoms with Gasteiger partial charge in [-0.1, -0.05) is 11.6 Å². The Morgan fingerprint density at radius 3 is 2.47 bits per heavy atom. The monoisotopic (exact) mass is 303 g/mol. The van der Waals surface area contributed by atoms with Crippen LogP contribution in [0.5, 0.6) is 0 Å². The van der Waals surface area contributed by atoms with Gasteiger partial charge in [-0.05, 0) is 0 Å². The number of alkyl halides is 5. The van der Waals surface area contributed by atoms with Crippen LogP contribution >= 0.6 is 11.6 Å². The Labute approximate surface area is 109 Å². The van der Waals surface area contributed by atoms with Gasteiger partial charge in [0.15, 0.2) is 0 Å². The van der Waals surface area contributed by atoms with Gasteiger partial charge in [-0.25, -0.2) is 13.8 Å². The van der Waals surface area contributed by atoms with Gasteiger partial charge in [0, 0.05) is 17.3 Å². The molecule has 0 aliphatic rings. The molecule has 0 bridgehead atoms. The minimum absolute atomic E-state index is 0.213. The van der Waals surface area contributed by atoms with Gasteiger partial charge < -0.3 is 4.74 Å². The topological polar surface area (TPSA) is 39.2 Å². The molecular weight excluding hydrogens is 297 g/mol. The zero-order chi connectivity index (χ0) is 14.8. The minimum atomic E-state index is -5.02. The van der Waals surface area contributed by atoms with Crippen molar-refractivity contribution in [3.8, 4) is 0 Å². The van der Waals surface area contributed by atoms with Crippen LogP contribution in [-0.4, -0.2) is 18.1 Å². The predicted octanol–water partition coefficient (Wildman–Crippen LogP) is 3.41. The molecule has 9 heteroatoms. The number of halogens is 6. The lowest BCUT2D eigenvalue weighted by Crippen LogP contribution is -2.16. The summed E-state index contributed by atoms with van der Waals surface area (Å²) in [6.45, 7) is 0. The molecule has 1 heterocycles. The van der Waals surface area contributed by atoms with E-state index in [-0.39, 0.29) is 6.20 Å². The summed E-state index contributed by atoms with van der Waals surface area (Å²) in [7, 11) is 0.972. The second-order valence-corrected chi connectivity index (χ2v) is 3.76. The Morgan fingerprint density at radius 2 is 2.05 bits per heavy atom. The molecule has 0 unspecified atom stereocenters. The number of hydrogen-bond acceptors (Lipinski definition) is 3. The van der Waals surface area contributed by atoms with Crippen LogP contribution in [0.1, 0.15) is 23.1 Å². The van der Waals surface area contributed by atoms with Crippen LogP contribution in [0, 0.1) is 0 Å². The van der Waals surface area contributed by atoms with Crippen molar-refractivity contribution >= 4 is 17.6 Å². The number of ether oxygens (including phenoxy) is 1. The number of hydrogen-bond donors (Lipinski definition) is 0. The molecule has 106 valence electrons. The first-order chi connectivity index (χ1) is 8.68. The molecule has 1 aromatic rings. The molecule has 0 radical (unpaired) electrons. The van der Waals surface area contributed by atoms with E-state index in [1.165, 1.54) is 0 Å². The van der Waals surface area contributed by atoms with E-state index in [1.54, 1.807) is 0 Å². The molecule has 0 spiro atoms. The van der Waals surface area contributed by atoms with E-state index >= 15 is 0 Å². The summed E-state index contributed by atoms with van der Waals surface area (Å²) < 4.78 is 67.7. The third kappa shape index (κ3) is 3.52. The fourth-order valence-electron chi connectivity index (χ4n) is 1.40. The van der Waals surface area contributed by atoms with Crippen LogP contribution in [0.25, 0.3) is 0 Å². The minimum Gasteiger partial charge on any atom is -0.469 e. The Hall–Kier alpha value is -1.44. The summed E-state index contributed by atoms with van der Waals surface area (Å²) in [4.78, 5) is 14.2.